The number of aryl methyl sites for hydroxylation is 1. The zero-order valence-electron chi connectivity index (χ0n) is 10.2. The molecular formula is C13H17NO2. The Bertz CT molecular complexity index is 494. The summed E-state index contributed by atoms with van der Waals surface area (Å²) >= 11 is 0. The average Bonchev–Trinajstić information content (AvgIpc) is 2.56. The van der Waals surface area contributed by atoms with Crippen molar-refractivity contribution in [2.45, 2.75) is 39.7 Å². The summed E-state index contributed by atoms with van der Waals surface area (Å²) in [5.41, 5.74) is 2.57. The standard InChI is InChI=1S/C13H17NO2/c1-5-9-7-6-8-10-11(9)15-12(14-10)16-13(2,3)4/h6-8H,5H2,1-4H3. The fourth-order valence-corrected chi connectivity index (χ4v) is 1.57. The van der Waals surface area contributed by atoms with Gasteiger partial charge < -0.3 is 9.15 Å². The maximum Gasteiger partial charge on any atom is 0.395 e. The van der Waals surface area contributed by atoms with Gasteiger partial charge in [-0.3, -0.25) is 0 Å². The van der Waals surface area contributed by atoms with E-state index in [0.29, 0.717) is 6.08 Å². The highest BCUT2D eigenvalue weighted by Crippen LogP contribution is 2.26. The molecule has 86 valence electrons. The highest BCUT2D eigenvalue weighted by Gasteiger charge is 2.17. The van der Waals surface area contributed by atoms with Crippen LogP contribution in [-0.2, 0) is 6.42 Å². The zero-order valence-corrected chi connectivity index (χ0v) is 10.2. The molecule has 0 aliphatic rings. The molecule has 0 bridgehead atoms. The molecule has 0 aliphatic carbocycles. The van der Waals surface area contributed by atoms with Gasteiger partial charge in [-0.2, -0.15) is 4.98 Å². The normalized spacial score (nSPS) is 12.0. The third-order valence-corrected chi connectivity index (χ3v) is 2.25. The predicted molar refractivity (Wildman–Crippen MR) is 63.8 cm³/mol. The number of para-hydroxylation sites is 1. The number of nitrogens with zero attached hydrogens (tertiary/aromatic N) is 1. The number of rotatable bonds is 2. The Kier molecular flexibility index (Phi) is 2.62. The molecule has 0 spiro atoms. The minimum absolute atomic E-state index is 0.284. The van der Waals surface area contributed by atoms with E-state index < -0.39 is 0 Å². The first-order valence-corrected chi connectivity index (χ1v) is 5.57. The van der Waals surface area contributed by atoms with E-state index in [1.807, 2.05) is 39.0 Å². The maximum absolute atomic E-state index is 5.63. The first-order valence-electron chi connectivity index (χ1n) is 5.57. The van der Waals surface area contributed by atoms with Crippen LogP contribution >= 0.6 is 0 Å². The van der Waals surface area contributed by atoms with Gasteiger partial charge in [0.15, 0.2) is 5.58 Å². The highest BCUT2D eigenvalue weighted by atomic mass is 16.6. The lowest BCUT2D eigenvalue weighted by molar-refractivity contribution is 0.0900. The average molecular weight is 219 g/mol. The second kappa shape index (κ2) is 3.81. The molecule has 0 saturated heterocycles. The molecule has 2 rings (SSSR count). The van der Waals surface area contributed by atoms with Gasteiger partial charge >= 0.3 is 6.08 Å². The first-order chi connectivity index (χ1) is 7.49. The Morgan fingerprint density at radius 2 is 2.06 bits per heavy atom. The molecule has 16 heavy (non-hydrogen) atoms. The maximum atomic E-state index is 5.63. The van der Waals surface area contributed by atoms with Crippen molar-refractivity contribution in [3.05, 3.63) is 23.8 Å². The van der Waals surface area contributed by atoms with Crippen molar-refractivity contribution < 1.29 is 9.15 Å². The molecule has 3 nitrogen and oxygen atoms in total. The van der Waals surface area contributed by atoms with Crippen molar-refractivity contribution in [2.24, 2.45) is 0 Å². The van der Waals surface area contributed by atoms with E-state index in [9.17, 15) is 0 Å². The van der Waals surface area contributed by atoms with Gasteiger partial charge in [0.1, 0.15) is 11.1 Å². The Labute approximate surface area is 95.4 Å². The van der Waals surface area contributed by atoms with Gasteiger partial charge in [-0.25, -0.2) is 0 Å². The number of fused-ring (bicyclic) bond motifs is 1. The molecule has 2 aromatic rings. The molecule has 0 atom stereocenters. The van der Waals surface area contributed by atoms with Crippen LogP contribution in [0, 0.1) is 0 Å². The van der Waals surface area contributed by atoms with Gasteiger partial charge in [-0.05, 0) is 38.8 Å². The Balaban J connectivity index is 2.44. The van der Waals surface area contributed by atoms with Crippen LogP contribution in [0.15, 0.2) is 22.6 Å². The summed E-state index contributed by atoms with van der Waals surface area (Å²) in [7, 11) is 0. The molecule has 0 amide bonds. The van der Waals surface area contributed by atoms with E-state index >= 15 is 0 Å². The summed E-state index contributed by atoms with van der Waals surface area (Å²) in [6.07, 6.45) is 1.28. The molecule has 0 unspecified atom stereocenters. The third-order valence-electron chi connectivity index (χ3n) is 2.25. The second-order valence-corrected chi connectivity index (χ2v) is 4.81. The fourth-order valence-electron chi connectivity index (χ4n) is 1.57. The SMILES string of the molecule is CCc1cccc2nc(OC(C)(C)C)oc12. The van der Waals surface area contributed by atoms with Crippen LogP contribution in [-0.4, -0.2) is 10.6 Å². The third kappa shape index (κ3) is 2.18. The van der Waals surface area contributed by atoms with Gasteiger partial charge in [-0.1, -0.05) is 19.1 Å². The summed E-state index contributed by atoms with van der Waals surface area (Å²) < 4.78 is 11.2. The lowest BCUT2D eigenvalue weighted by Gasteiger charge is -2.17. The van der Waals surface area contributed by atoms with Crippen LogP contribution in [0.5, 0.6) is 6.08 Å². The molecule has 0 radical (unpaired) electrons. The second-order valence-electron chi connectivity index (χ2n) is 4.81. The van der Waals surface area contributed by atoms with Crippen molar-refractivity contribution in [1.82, 2.24) is 4.98 Å². The van der Waals surface area contributed by atoms with Crippen LogP contribution < -0.4 is 4.74 Å². The largest absolute Gasteiger partial charge is 0.444 e. The van der Waals surface area contributed by atoms with E-state index in [4.69, 9.17) is 9.15 Å². The smallest absolute Gasteiger partial charge is 0.395 e. The van der Waals surface area contributed by atoms with Crippen LogP contribution in [0.4, 0.5) is 0 Å². The molecule has 1 aromatic heterocycles. The monoisotopic (exact) mass is 219 g/mol. The van der Waals surface area contributed by atoms with Gasteiger partial charge in [0.05, 0.1) is 0 Å². The molecule has 3 heteroatoms. The number of hydrogen-bond acceptors (Lipinski definition) is 3. The Hall–Kier alpha value is -1.51. The minimum atomic E-state index is -0.284. The van der Waals surface area contributed by atoms with Gasteiger partial charge in [0.2, 0.25) is 0 Å². The summed E-state index contributed by atoms with van der Waals surface area (Å²) in [6.45, 7) is 8.02. The molecule has 0 fully saturated rings. The highest BCUT2D eigenvalue weighted by molar-refractivity contribution is 5.76. The zero-order chi connectivity index (χ0) is 11.8. The van der Waals surface area contributed by atoms with Gasteiger partial charge in [0.25, 0.3) is 0 Å². The Morgan fingerprint density at radius 3 is 2.69 bits per heavy atom. The molecule has 1 heterocycles. The lowest BCUT2D eigenvalue weighted by atomic mass is 10.1. The minimum Gasteiger partial charge on any atom is -0.444 e. The number of oxazole rings is 1. The number of aromatic nitrogens is 1. The number of hydrogen-bond donors (Lipinski definition) is 0. The van der Waals surface area contributed by atoms with E-state index in [1.54, 1.807) is 0 Å². The quantitative estimate of drug-likeness (QED) is 0.774. The molecule has 0 N–H and O–H groups in total. The van der Waals surface area contributed by atoms with E-state index in [1.165, 1.54) is 0 Å². The van der Waals surface area contributed by atoms with Crippen LogP contribution in [0.1, 0.15) is 33.3 Å². The number of benzene rings is 1. The van der Waals surface area contributed by atoms with Crippen LogP contribution in [0.3, 0.4) is 0 Å². The van der Waals surface area contributed by atoms with Gasteiger partial charge in [0, 0.05) is 0 Å². The van der Waals surface area contributed by atoms with Crippen LogP contribution in [0.25, 0.3) is 11.1 Å². The van der Waals surface area contributed by atoms with Crippen molar-refractivity contribution in [2.75, 3.05) is 0 Å². The van der Waals surface area contributed by atoms with Crippen molar-refractivity contribution in [1.29, 1.82) is 0 Å². The molecule has 0 aliphatic heterocycles. The molecule has 1 aromatic carbocycles. The first kappa shape index (κ1) is 11.0. The van der Waals surface area contributed by atoms with Gasteiger partial charge in [-0.15, -0.1) is 0 Å². The Morgan fingerprint density at radius 1 is 1.31 bits per heavy atom. The van der Waals surface area contributed by atoms with Crippen molar-refractivity contribution >= 4 is 11.1 Å². The van der Waals surface area contributed by atoms with Crippen molar-refractivity contribution in [3.63, 3.8) is 0 Å². The fraction of sp³-hybridized carbons (Fsp3) is 0.462. The van der Waals surface area contributed by atoms with Crippen molar-refractivity contribution in [3.8, 4) is 6.08 Å². The number of ether oxygens (including phenoxy) is 1. The van der Waals surface area contributed by atoms with E-state index in [-0.39, 0.29) is 5.60 Å². The van der Waals surface area contributed by atoms with Crippen LogP contribution in [0.2, 0.25) is 0 Å². The summed E-state index contributed by atoms with van der Waals surface area (Å²) in [4.78, 5) is 4.32. The van der Waals surface area contributed by atoms with E-state index in [0.717, 1.165) is 23.1 Å². The van der Waals surface area contributed by atoms with E-state index in [2.05, 4.69) is 11.9 Å². The molecular weight excluding hydrogens is 202 g/mol. The summed E-state index contributed by atoms with van der Waals surface area (Å²) in [5.74, 6) is 0. The predicted octanol–water partition coefficient (Wildman–Crippen LogP) is 3.57. The lowest BCUT2D eigenvalue weighted by Crippen LogP contribution is -2.23. The topological polar surface area (TPSA) is 35.3 Å². The summed E-state index contributed by atoms with van der Waals surface area (Å²) in [5, 5.41) is 0. The molecule has 0 saturated carbocycles. The summed E-state index contributed by atoms with van der Waals surface area (Å²) in [6, 6.07) is 5.98.